The van der Waals surface area contributed by atoms with Crippen molar-refractivity contribution in [1.29, 1.82) is 0 Å². The van der Waals surface area contributed by atoms with Crippen LogP contribution < -0.4 is 16.0 Å². The summed E-state index contributed by atoms with van der Waals surface area (Å²) >= 11 is 6.19. The zero-order valence-electron chi connectivity index (χ0n) is 18.6. The number of carbonyl (C=O) groups is 1. The number of nitrogens with zero attached hydrogens (tertiary/aromatic N) is 1. The van der Waals surface area contributed by atoms with Gasteiger partial charge in [0, 0.05) is 41.9 Å². The molecule has 4 nitrogen and oxygen atoms in total. The summed E-state index contributed by atoms with van der Waals surface area (Å²) in [5.74, 6) is -0.377. The number of rotatable bonds is 5. The minimum Gasteiger partial charge on any atom is -0.366 e. The third-order valence-electron chi connectivity index (χ3n) is 7.86. The van der Waals surface area contributed by atoms with Gasteiger partial charge in [-0.15, -0.1) is 0 Å². The molecule has 2 fully saturated rings. The number of nitrogens with one attached hydrogen (secondary N) is 1. The molecular formula is C27H32ClN3O. The third kappa shape index (κ3) is 4.31. The van der Waals surface area contributed by atoms with Gasteiger partial charge in [-0.3, -0.25) is 4.79 Å². The smallest absolute Gasteiger partial charge is 0.248 e. The van der Waals surface area contributed by atoms with Crippen LogP contribution in [0.25, 0.3) is 5.57 Å². The van der Waals surface area contributed by atoms with E-state index in [9.17, 15) is 4.79 Å². The molecule has 0 radical (unpaired) electrons. The molecule has 168 valence electrons. The standard InChI is InChI=1S/C27H32ClN3O/c28-22-6-2-19(3-7-22)25-17-27(11-1-12-27)13-10-21(25)16-24-18-30-14-15-31(24)23-8-4-20(5-9-23)26(29)32/h2-9,24,30H,1,10-18H2,(H2,29,32). The van der Waals surface area contributed by atoms with Gasteiger partial charge in [0.2, 0.25) is 5.91 Å². The number of nitrogens with two attached hydrogens (primary N) is 1. The second-order valence-electron chi connectivity index (χ2n) is 9.79. The Morgan fingerprint density at radius 2 is 1.84 bits per heavy atom. The molecule has 5 heteroatoms. The first kappa shape index (κ1) is 21.5. The van der Waals surface area contributed by atoms with Crippen LogP contribution in [0.4, 0.5) is 5.69 Å². The van der Waals surface area contributed by atoms with E-state index >= 15 is 0 Å². The highest BCUT2D eigenvalue weighted by molar-refractivity contribution is 6.30. The van der Waals surface area contributed by atoms with Crippen LogP contribution in [0.1, 0.15) is 60.9 Å². The Morgan fingerprint density at radius 3 is 2.50 bits per heavy atom. The molecule has 1 aliphatic heterocycles. The summed E-state index contributed by atoms with van der Waals surface area (Å²) in [6, 6.07) is 16.6. The number of primary amides is 1. The van der Waals surface area contributed by atoms with Crippen molar-refractivity contribution in [2.45, 2.75) is 51.0 Å². The second-order valence-corrected chi connectivity index (χ2v) is 10.2. The summed E-state index contributed by atoms with van der Waals surface area (Å²) in [6.07, 6.45) is 8.93. The molecule has 2 aromatic carbocycles. The summed E-state index contributed by atoms with van der Waals surface area (Å²) in [7, 11) is 0. The van der Waals surface area contributed by atoms with E-state index in [0.717, 1.165) is 31.1 Å². The highest BCUT2D eigenvalue weighted by Gasteiger charge is 2.41. The molecule has 2 aliphatic carbocycles. The molecule has 3 N–H and O–H groups in total. The number of amides is 1. The number of allylic oxidation sites excluding steroid dienone is 1. The topological polar surface area (TPSA) is 58.4 Å². The minimum atomic E-state index is -0.377. The van der Waals surface area contributed by atoms with E-state index in [1.54, 1.807) is 11.1 Å². The van der Waals surface area contributed by atoms with Crippen molar-refractivity contribution in [3.63, 3.8) is 0 Å². The largest absolute Gasteiger partial charge is 0.366 e. The molecule has 0 aromatic heterocycles. The van der Waals surface area contributed by atoms with Crippen LogP contribution in [0, 0.1) is 5.41 Å². The normalized spacial score (nSPS) is 22.7. The van der Waals surface area contributed by atoms with Crippen LogP contribution >= 0.6 is 11.6 Å². The molecule has 1 unspecified atom stereocenters. The predicted octanol–water partition coefficient (Wildman–Crippen LogP) is 5.42. The van der Waals surface area contributed by atoms with Gasteiger partial charge in [0.15, 0.2) is 0 Å². The van der Waals surface area contributed by atoms with E-state index in [4.69, 9.17) is 17.3 Å². The maximum atomic E-state index is 11.5. The molecule has 3 aliphatic rings. The van der Waals surface area contributed by atoms with Crippen LogP contribution in [0.5, 0.6) is 0 Å². The quantitative estimate of drug-likeness (QED) is 0.641. The molecule has 1 heterocycles. The minimum absolute atomic E-state index is 0.377. The fourth-order valence-electron chi connectivity index (χ4n) is 5.83. The molecule has 2 aromatic rings. The lowest BCUT2D eigenvalue weighted by Crippen LogP contribution is -2.51. The van der Waals surface area contributed by atoms with Gasteiger partial charge in [0.05, 0.1) is 0 Å². The van der Waals surface area contributed by atoms with E-state index in [1.807, 2.05) is 36.4 Å². The summed E-state index contributed by atoms with van der Waals surface area (Å²) in [5.41, 5.74) is 12.2. The molecule has 0 bridgehead atoms. The third-order valence-corrected chi connectivity index (χ3v) is 8.11. The lowest BCUT2D eigenvalue weighted by Gasteiger charge is -2.47. The fourth-order valence-corrected chi connectivity index (χ4v) is 5.95. The number of benzene rings is 2. The number of anilines is 1. The maximum Gasteiger partial charge on any atom is 0.248 e. The molecule has 1 atom stereocenters. The Labute approximate surface area is 195 Å². The van der Waals surface area contributed by atoms with Gasteiger partial charge >= 0.3 is 0 Å². The van der Waals surface area contributed by atoms with Crippen molar-refractivity contribution in [2.75, 3.05) is 24.5 Å². The van der Waals surface area contributed by atoms with Crippen LogP contribution in [0.15, 0.2) is 54.1 Å². The Kier molecular flexibility index (Phi) is 6.00. The Balaban J connectivity index is 1.43. The van der Waals surface area contributed by atoms with Gasteiger partial charge in [0.25, 0.3) is 0 Å². The highest BCUT2D eigenvalue weighted by Crippen LogP contribution is 2.55. The number of piperazine rings is 1. The van der Waals surface area contributed by atoms with Crippen molar-refractivity contribution < 1.29 is 4.79 Å². The van der Waals surface area contributed by atoms with Crippen LogP contribution in [0.3, 0.4) is 0 Å². The van der Waals surface area contributed by atoms with Crippen LogP contribution in [0.2, 0.25) is 5.02 Å². The van der Waals surface area contributed by atoms with E-state index in [1.165, 1.54) is 49.8 Å². The van der Waals surface area contributed by atoms with E-state index < -0.39 is 0 Å². The monoisotopic (exact) mass is 449 g/mol. The van der Waals surface area contributed by atoms with Gasteiger partial charge in [0.1, 0.15) is 0 Å². The Hall–Kier alpha value is -2.30. The average Bonchev–Trinajstić information content (AvgIpc) is 2.79. The van der Waals surface area contributed by atoms with E-state index in [2.05, 4.69) is 22.3 Å². The van der Waals surface area contributed by atoms with E-state index in [-0.39, 0.29) is 5.91 Å². The highest BCUT2D eigenvalue weighted by atomic mass is 35.5. The number of carbonyl (C=O) groups excluding carboxylic acids is 1. The predicted molar refractivity (Wildman–Crippen MR) is 132 cm³/mol. The van der Waals surface area contributed by atoms with Gasteiger partial charge in [-0.25, -0.2) is 0 Å². The first-order chi connectivity index (χ1) is 15.5. The summed E-state index contributed by atoms with van der Waals surface area (Å²) < 4.78 is 0. The SMILES string of the molecule is NC(=O)c1ccc(N2CCNCC2CC2=C(c3ccc(Cl)cc3)CC3(CCC3)CC2)cc1. The van der Waals surface area contributed by atoms with Crippen LogP contribution in [-0.4, -0.2) is 31.6 Å². The van der Waals surface area contributed by atoms with E-state index in [0.29, 0.717) is 17.0 Å². The molecule has 1 saturated heterocycles. The lowest BCUT2D eigenvalue weighted by atomic mass is 9.58. The number of hydrogen-bond donors (Lipinski definition) is 2. The van der Waals surface area contributed by atoms with Crippen molar-refractivity contribution >= 4 is 28.8 Å². The van der Waals surface area contributed by atoms with Crippen molar-refractivity contribution in [3.8, 4) is 0 Å². The zero-order valence-corrected chi connectivity index (χ0v) is 19.3. The fraction of sp³-hybridized carbons (Fsp3) is 0.444. The van der Waals surface area contributed by atoms with Crippen molar-refractivity contribution in [3.05, 3.63) is 70.3 Å². The van der Waals surface area contributed by atoms with Gasteiger partial charge < -0.3 is 16.0 Å². The molecule has 5 rings (SSSR count). The van der Waals surface area contributed by atoms with Gasteiger partial charge in [-0.1, -0.05) is 35.7 Å². The zero-order chi connectivity index (χ0) is 22.1. The van der Waals surface area contributed by atoms with Gasteiger partial charge in [-0.05, 0) is 91.5 Å². The number of hydrogen-bond acceptors (Lipinski definition) is 3. The molecular weight excluding hydrogens is 418 g/mol. The van der Waals surface area contributed by atoms with Gasteiger partial charge in [-0.2, -0.15) is 0 Å². The van der Waals surface area contributed by atoms with Crippen LogP contribution in [-0.2, 0) is 0 Å². The Morgan fingerprint density at radius 1 is 1.09 bits per heavy atom. The lowest BCUT2D eigenvalue weighted by molar-refractivity contribution is 0.100. The molecule has 1 spiro atoms. The summed E-state index contributed by atoms with van der Waals surface area (Å²) in [4.78, 5) is 14.0. The molecule has 1 saturated carbocycles. The second kappa shape index (κ2) is 8.92. The Bertz CT molecular complexity index is 1010. The summed E-state index contributed by atoms with van der Waals surface area (Å²) in [5, 5.41) is 4.40. The maximum absolute atomic E-state index is 11.5. The first-order valence-corrected chi connectivity index (χ1v) is 12.2. The molecule has 1 amide bonds. The average molecular weight is 450 g/mol. The van der Waals surface area contributed by atoms with Crippen molar-refractivity contribution in [1.82, 2.24) is 5.32 Å². The number of halogens is 1. The molecule has 32 heavy (non-hydrogen) atoms. The van der Waals surface area contributed by atoms with Crippen molar-refractivity contribution in [2.24, 2.45) is 11.1 Å². The summed E-state index contributed by atoms with van der Waals surface area (Å²) in [6.45, 7) is 2.91. The first-order valence-electron chi connectivity index (χ1n) is 11.9.